The van der Waals surface area contributed by atoms with Crippen LogP contribution >= 0.6 is 0 Å². The van der Waals surface area contributed by atoms with Gasteiger partial charge in [0.05, 0.1) is 12.7 Å². The summed E-state index contributed by atoms with van der Waals surface area (Å²) in [4.78, 5) is 14.2. The molecule has 1 aliphatic heterocycles. The molecule has 0 aliphatic carbocycles. The number of likely N-dealkylation sites (tertiary alicyclic amines) is 1. The first kappa shape index (κ1) is 20.1. The van der Waals surface area contributed by atoms with Gasteiger partial charge in [-0.3, -0.25) is 4.79 Å². The number of piperidine rings is 1. The summed E-state index contributed by atoms with van der Waals surface area (Å²) in [6.07, 6.45) is -3.49. The zero-order chi connectivity index (χ0) is 20.1. The van der Waals surface area contributed by atoms with Crippen LogP contribution in [0.5, 0.6) is 5.75 Å². The Morgan fingerprint density at radius 3 is 2.61 bits per heavy atom. The second-order valence-corrected chi connectivity index (χ2v) is 6.53. The fourth-order valence-corrected chi connectivity index (χ4v) is 3.08. The Hall–Kier alpha value is -2.61. The molecule has 1 amide bonds. The summed E-state index contributed by atoms with van der Waals surface area (Å²) >= 11 is 0. The molecular weight excluding hydrogens is 378 g/mol. The Labute approximate surface area is 159 Å². The molecular formula is C20H19F4NO3. The first-order valence-corrected chi connectivity index (χ1v) is 8.81. The topological polar surface area (TPSA) is 38.8 Å². The molecule has 1 aliphatic rings. The fraction of sp³-hybridized carbons (Fsp3) is 0.350. The van der Waals surface area contributed by atoms with Crippen molar-refractivity contribution in [2.24, 2.45) is 0 Å². The Morgan fingerprint density at radius 1 is 1.14 bits per heavy atom. The normalized spacial score (nSPS) is 17.4. The SMILES string of the molecule is O=C(c1ccc(F)cc1)N1CCC[C@H](OCc2cccc(OC(F)(F)F)c2)C1. The molecule has 1 atom stereocenters. The number of hydrogen-bond donors (Lipinski definition) is 0. The van der Waals surface area contributed by atoms with Crippen LogP contribution in [0.2, 0.25) is 0 Å². The maximum absolute atomic E-state index is 13.0. The largest absolute Gasteiger partial charge is 0.573 e. The number of amides is 1. The van der Waals surface area contributed by atoms with E-state index in [9.17, 15) is 22.4 Å². The van der Waals surface area contributed by atoms with Crippen molar-refractivity contribution < 1.29 is 31.8 Å². The Bertz CT molecular complexity index is 808. The summed E-state index contributed by atoms with van der Waals surface area (Å²) in [6.45, 7) is 1.05. The van der Waals surface area contributed by atoms with Gasteiger partial charge in [0, 0.05) is 18.7 Å². The van der Waals surface area contributed by atoms with Crippen molar-refractivity contribution in [3.8, 4) is 5.75 Å². The lowest BCUT2D eigenvalue weighted by Gasteiger charge is -2.32. The number of halogens is 4. The monoisotopic (exact) mass is 397 g/mol. The first-order chi connectivity index (χ1) is 13.3. The molecule has 2 aromatic carbocycles. The quantitative estimate of drug-likeness (QED) is 0.695. The van der Waals surface area contributed by atoms with Crippen LogP contribution in [0.3, 0.4) is 0 Å². The van der Waals surface area contributed by atoms with Crippen LogP contribution in [0.25, 0.3) is 0 Å². The Morgan fingerprint density at radius 2 is 1.89 bits per heavy atom. The van der Waals surface area contributed by atoms with E-state index in [1.807, 2.05) is 0 Å². The molecule has 2 aromatic rings. The lowest BCUT2D eigenvalue weighted by atomic mass is 10.1. The molecule has 0 N–H and O–H groups in total. The summed E-state index contributed by atoms with van der Waals surface area (Å²) < 4.78 is 59.7. The van der Waals surface area contributed by atoms with Crippen molar-refractivity contribution in [2.45, 2.75) is 31.9 Å². The van der Waals surface area contributed by atoms with Crippen molar-refractivity contribution >= 4 is 5.91 Å². The number of hydrogen-bond acceptors (Lipinski definition) is 3. The van der Waals surface area contributed by atoms with E-state index in [-0.39, 0.29) is 24.4 Å². The average molecular weight is 397 g/mol. The van der Waals surface area contributed by atoms with Crippen LogP contribution in [-0.4, -0.2) is 36.4 Å². The van der Waals surface area contributed by atoms with Gasteiger partial charge >= 0.3 is 6.36 Å². The highest BCUT2D eigenvalue weighted by molar-refractivity contribution is 5.94. The van der Waals surface area contributed by atoms with Crippen molar-refractivity contribution in [3.63, 3.8) is 0 Å². The second kappa shape index (κ2) is 8.60. The second-order valence-electron chi connectivity index (χ2n) is 6.53. The predicted molar refractivity (Wildman–Crippen MR) is 93.2 cm³/mol. The minimum absolute atomic E-state index is 0.109. The third-order valence-electron chi connectivity index (χ3n) is 4.37. The zero-order valence-corrected chi connectivity index (χ0v) is 14.9. The van der Waals surface area contributed by atoms with Crippen LogP contribution < -0.4 is 4.74 Å². The third-order valence-corrected chi connectivity index (χ3v) is 4.37. The van der Waals surface area contributed by atoms with Gasteiger partial charge in [-0.2, -0.15) is 0 Å². The van der Waals surface area contributed by atoms with Gasteiger partial charge < -0.3 is 14.4 Å². The van der Waals surface area contributed by atoms with Gasteiger partial charge in [-0.15, -0.1) is 13.2 Å². The molecule has 0 bridgehead atoms. The van der Waals surface area contributed by atoms with E-state index in [1.54, 1.807) is 11.0 Å². The Balaban J connectivity index is 1.56. The Kier molecular flexibility index (Phi) is 6.18. The van der Waals surface area contributed by atoms with E-state index in [0.29, 0.717) is 24.2 Å². The van der Waals surface area contributed by atoms with Gasteiger partial charge in [-0.05, 0) is 54.8 Å². The van der Waals surface area contributed by atoms with Crippen LogP contribution in [-0.2, 0) is 11.3 Å². The molecule has 8 heteroatoms. The first-order valence-electron chi connectivity index (χ1n) is 8.81. The molecule has 0 spiro atoms. The standard InChI is InChI=1S/C20H19F4NO3/c21-16-8-6-15(7-9-16)19(26)25-10-2-5-18(12-25)27-13-14-3-1-4-17(11-14)28-20(22,23)24/h1,3-4,6-9,11,18H,2,5,10,12-13H2/t18-/m0/s1. The van der Waals surface area contributed by atoms with E-state index in [4.69, 9.17) is 4.74 Å². The van der Waals surface area contributed by atoms with Crippen molar-refractivity contribution in [1.29, 1.82) is 0 Å². The van der Waals surface area contributed by atoms with Crippen LogP contribution in [0.15, 0.2) is 48.5 Å². The number of benzene rings is 2. The summed E-state index contributed by atoms with van der Waals surface area (Å²) in [6, 6.07) is 11.0. The maximum atomic E-state index is 13.0. The lowest BCUT2D eigenvalue weighted by molar-refractivity contribution is -0.274. The van der Waals surface area contributed by atoms with E-state index in [1.165, 1.54) is 42.5 Å². The highest BCUT2D eigenvalue weighted by Gasteiger charge is 2.31. The molecule has 1 heterocycles. The van der Waals surface area contributed by atoms with Gasteiger partial charge in [0.2, 0.25) is 0 Å². The van der Waals surface area contributed by atoms with E-state index < -0.39 is 12.2 Å². The minimum atomic E-state index is -4.75. The van der Waals surface area contributed by atoms with Crippen molar-refractivity contribution in [1.82, 2.24) is 4.90 Å². The van der Waals surface area contributed by atoms with E-state index in [2.05, 4.69) is 4.74 Å². The zero-order valence-electron chi connectivity index (χ0n) is 14.9. The molecule has 150 valence electrons. The lowest BCUT2D eigenvalue weighted by Crippen LogP contribution is -2.43. The summed E-state index contributed by atoms with van der Waals surface area (Å²) in [5, 5.41) is 0. The maximum Gasteiger partial charge on any atom is 0.573 e. The predicted octanol–water partition coefficient (Wildman–Crippen LogP) is 4.55. The summed E-state index contributed by atoms with van der Waals surface area (Å²) in [7, 11) is 0. The molecule has 28 heavy (non-hydrogen) atoms. The molecule has 3 rings (SSSR count). The number of rotatable bonds is 5. The molecule has 0 aromatic heterocycles. The third kappa shape index (κ3) is 5.69. The molecule has 1 saturated heterocycles. The molecule has 0 radical (unpaired) electrons. The number of alkyl halides is 3. The number of ether oxygens (including phenoxy) is 2. The smallest absolute Gasteiger partial charge is 0.406 e. The number of carbonyl (C=O) groups excluding carboxylic acids is 1. The average Bonchev–Trinajstić information content (AvgIpc) is 2.66. The van der Waals surface area contributed by atoms with Gasteiger partial charge in [-0.25, -0.2) is 4.39 Å². The molecule has 0 saturated carbocycles. The van der Waals surface area contributed by atoms with Crippen LogP contribution in [0.1, 0.15) is 28.8 Å². The van der Waals surface area contributed by atoms with E-state index >= 15 is 0 Å². The summed E-state index contributed by atoms with van der Waals surface area (Å²) in [5.74, 6) is -0.910. The van der Waals surface area contributed by atoms with Gasteiger partial charge in [0.25, 0.3) is 5.91 Å². The van der Waals surface area contributed by atoms with Crippen molar-refractivity contribution in [3.05, 3.63) is 65.5 Å². The minimum Gasteiger partial charge on any atom is -0.406 e. The van der Waals surface area contributed by atoms with Crippen molar-refractivity contribution in [2.75, 3.05) is 13.1 Å². The number of carbonyl (C=O) groups is 1. The molecule has 1 fully saturated rings. The molecule has 4 nitrogen and oxygen atoms in total. The number of nitrogens with zero attached hydrogens (tertiary/aromatic N) is 1. The van der Waals surface area contributed by atoms with Gasteiger partial charge in [0.1, 0.15) is 11.6 Å². The molecule has 0 unspecified atom stereocenters. The highest BCUT2D eigenvalue weighted by Crippen LogP contribution is 2.24. The van der Waals surface area contributed by atoms with Crippen LogP contribution in [0, 0.1) is 5.82 Å². The van der Waals surface area contributed by atoms with Crippen LogP contribution in [0.4, 0.5) is 17.6 Å². The van der Waals surface area contributed by atoms with Gasteiger partial charge in [0.15, 0.2) is 0 Å². The van der Waals surface area contributed by atoms with Gasteiger partial charge in [-0.1, -0.05) is 12.1 Å². The fourth-order valence-electron chi connectivity index (χ4n) is 3.08. The highest BCUT2D eigenvalue weighted by atomic mass is 19.4. The van der Waals surface area contributed by atoms with E-state index in [0.717, 1.165) is 12.8 Å². The summed E-state index contributed by atoms with van der Waals surface area (Å²) in [5.41, 5.74) is 0.947.